The summed E-state index contributed by atoms with van der Waals surface area (Å²) in [6, 6.07) is 8.00. The molecule has 3 rings (SSSR count). The summed E-state index contributed by atoms with van der Waals surface area (Å²) in [5, 5.41) is 0. The van der Waals surface area contributed by atoms with E-state index in [1.165, 1.54) is 13.0 Å². The molecule has 1 aromatic heterocycles. The van der Waals surface area contributed by atoms with Gasteiger partial charge in [-0.3, -0.25) is 28.8 Å². The van der Waals surface area contributed by atoms with Gasteiger partial charge in [0, 0.05) is 47.1 Å². The van der Waals surface area contributed by atoms with Gasteiger partial charge >= 0.3 is 29.8 Å². The van der Waals surface area contributed by atoms with Crippen LogP contribution in [0.1, 0.15) is 69.5 Å². The van der Waals surface area contributed by atoms with Gasteiger partial charge in [-0.25, -0.2) is 0 Å². The molecule has 1 aliphatic rings. The van der Waals surface area contributed by atoms with E-state index in [0.717, 1.165) is 27.7 Å². The summed E-state index contributed by atoms with van der Waals surface area (Å²) in [5.41, 5.74) is -0.216. The zero-order chi connectivity index (χ0) is 28.9. The second kappa shape index (κ2) is 12.4. The van der Waals surface area contributed by atoms with Gasteiger partial charge in [0.2, 0.25) is 6.10 Å². The highest BCUT2D eigenvalue weighted by Crippen LogP contribution is 2.43. The summed E-state index contributed by atoms with van der Waals surface area (Å²) < 4.78 is 32.6. The van der Waals surface area contributed by atoms with Crippen molar-refractivity contribution >= 4 is 29.8 Å². The molecule has 4 atom stereocenters. The first-order chi connectivity index (χ1) is 18.4. The molecule has 0 unspecified atom stereocenters. The topological polar surface area (TPSA) is 162 Å². The molecule has 0 amide bonds. The van der Waals surface area contributed by atoms with E-state index >= 15 is 0 Å². The highest BCUT2D eigenvalue weighted by molar-refractivity contribution is 5.70. The lowest BCUT2D eigenvalue weighted by molar-refractivity contribution is -0.207. The molecule has 1 aromatic carbocycles. The number of aryl methyl sites for hydroxylation is 2. The molecule has 39 heavy (non-hydrogen) atoms. The second-order valence-electron chi connectivity index (χ2n) is 8.76. The zero-order valence-corrected chi connectivity index (χ0v) is 22.0. The lowest BCUT2D eigenvalue weighted by Gasteiger charge is -2.39. The van der Waals surface area contributed by atoms with Crippen LogP contribution in [0.4, 0.5) is 0 Å². The van der Waals surface area contributed by atoms with Crippen molar-refractivity contribution in [3.05, 3.63) is 63.2 Å². The maximum atomic E-state index is 13.4. The van der Waals surface area contributed by atoms with Crippen LogP contribution < -0.4 is 10.2 Å². The third-order valence-corrected chi connectivity index (χ3v) is 5.58. The smallest absolute Gasteiger partial charge is 0.308 e. The predicted molar refractivity (Wildman–Crippen MR) is 130 cm³/mol. The molecule has 0 N–H and O–H groups in total. The maximum absolute atomic E-state index is 13.4. The molecule has 0 saturated carbocycles. The lowest BCUT2D eigenvalue weighted by Crippen LogP contribution is -2.50. The molecular weight excluding hydrogens is 516 g/mol. The van der Waals surface area contributed by atoms with Gasteiger partial charge < -0.3 is 28.1 Å². The van der Waals surface area contributed by atoms with Gasteiger partial charge in [-0.15, -0.1) is 0 Å². The molecular formula is C27H28O12. The average molecular weight is 545 g/mol. The largest absolute Gasteiger partial charge is 0.461 e. The standard InChI is InChI=1S/C27H28O12/c1-13(28)34-21-9-7-6-8-18(21)10-11-19-12-20(33)22-23(35-14(2)29)25(36-15(3)30)27(38-17(5)32)26(24(22)39-19)37-16(4)31/h6-9,12,23,25-27H,10-11H2,1-5H3/t23-,25+,26+,27+/m0/s1. The van der Waals surface area contributed by atoms with E-state index in [4.69, 9.17) is 28.1 Å². The summed E-state index contributed by atoms with van der Waals surface area (Å²) in [6.45, 7) is 5.61. The van der Waals surface area contributed by atoms with Gasteiger partial charge in [0.05, 0.1) is 5.56 Å². The van der Waals surface area contributed by atoms with Crippen molar-refractivity contribution in [2.75, 3.05) is 0 Å². The monoisotopic (exact) mass is 544 g/mol. The van der Waals surface area contributed by atoms with Crippen LogP contribution >= 0.6 is 0 Å². The number of esters is 5. The minimum atomic E-state index is -1.52. The van der Waals surface area contributed by atoms with E-state index in [1.807, 2.05) is 0 Å². The van der Waals surface area contributed by atoms with E-state index in [9.17, 15) is 28.8 Å². The Bertz CT molecular complexity index is 1340. The van der Waals surface area contributed by atoms with E-state index in [-0.39, 0.29) is 23.5 Å². The van der Waals surface area contributed by atoms with Crippen molar-refractivity contribution in [2.24, 2.45) is 0 Å². The molecule has 0 radical (unpaired) electrons. The van der Waals surface area contributed by atoms with Gasteiger partial charge in [0.15, 0.2) is 29.5 Å². The SMILES string of the molecule is CC(=O)Oc1ccccc1CCc1cc(=O)c2c(o1)[C@@H](OC(C)=O)[C@H](OC(C)=O)[C@H](OC(C)=O)[C@H]2OC(C)=O. The number of carbonyl (C=O) groups is 5. The summed E-state index contributed by atoms with van der Waals surface area (Å²) in [7, 11) is 0. The summed E-state index contributed by atoms with van der Waals surface area (Å²) in [5.74, 6) is -3.49. The molecule has 208 valence electrons. The first-order valence-electron chi connectivity index (χ1n) is 12.0. The van der Waals surface area contributed by atoms with E-state index in [2.05, 4.69) is 0 Å². The van der Waals surface area contributed by atoms with Gasteiger partial charge in [-0.05, 0) is 18.1 Å². The highest BCUT2D eigenvalue weighted by Gasteiger charge is 2.53. The molecule has 0 spiro atoms. The van der Waals surface area contributed by atoms with E-state index in [1.54, 1.807) is 24.3 Å². The molecule has 12 heteroatoms. The number of hydrogen-bond donors (Lipinski definition) is 0. The van der Waals surface area contributed by atoms with Gasteiger partial charge in [0.25, 0.3) is 0 Å². The van der Waals surface area contributed by atoms with E-state index in [0.29, 0.717) is 17.7 Å². The number of ether oxygens (including phenoxy) is 5. The van der Waals surface area contributed by atoms with Crippen molar-refractivity contribution in [1.29, 1.82) is 0 Å². The molecule has 0 aliphatic heterocycles. The van der Waals surface area contributed by atoms with Crippen LogP contribution in [-0.2, 0) is 55.8 Å². The van der Waals surface area contributed by atoms with Crippen molar-refractivity contribution < 1.29 is 52.1 Å². The third kappa shape index (κ3) is 7.30. The van der Waals surface area contributed by atoms with Crippen LogP contribution in [0.3, 0.4) is 0 Å². The van der Waals surface area contributed by atoms with Gasteiger partial charge in [-0.1, -0.05) is 18.2 Å². The Hall–Kier alpha value is -4.48. The van der Waals surface area contributed by atoms with Crippen molar-refractivity contribution in [1.82, 2.24) is 0 Å². The molecule has 12 nitrogen and oxygen atoms in total. The Morgan fingerprint density at radius 2 is 1.26 bits per heavy atom. The van der Waals surface area contributed by atoms with E-state index < -0.39 is 59.7 Å². The molecule has 1 aliphatic carbocycles. The van der Waals surface area contributed by atoms with Gasteiger partial charge in [0.1, 0.15) is 11.5 Å². The summed E-state index contributed by atoms with van der Waals surface area (Å²) >= 11 is 0. The predicted octanol–water partition coefficient (Wildman–Crippen LogP) is 2.44. The minimum Gasteiger partial charge on any atom is -0.461 e. The fourth-order valence-electron chi connectivity index (χ4n) is 4.31. The van der Waals surface area contributed by atoms with Crippen LogP contribution in [0, 0.1) is 0 Å². The Kier molecular flexibility index (Phi) is 9.23. The highest BCUT2D eigenvalue weighted by atomic mass is 16.6. The van der Waals surface area contributed by atoms with Crippen molar-refractivity contribution in [3.63, 3.8) is 0 Å². The Labute approximate surface area is 223 Å². The first kappa shape index (κ1) is 29.1. The molecule has 1 heterocycles. The minimum absolute atomic E-state index is 0.150. The van der Waals surface area contributed by atoms with Crippen LogP contribution in [0.15, 0.2) is 39.5 Å². The van der Waals surface area contributed by atoms with Crippen molar-refractivity contribution in [3.8, 4) is 5.75 Å². The number of benzene rings is 1. The van der Waals surface area contributed by atoms with Gasteiger partial charge in [-0.2, -0.15) is 0 Å². The Morgan fingerprint density at radius 3 is 1.82 bits per heavy atom. The Balaban J connectivity index is 2.13. The van der Waals surface area contributed by atoms with Crippen LogP contribution in [0.25, 0.3) is 0 Å². The Morgan fingerprint density at radius 1 is 0.718 bits per heavy atom. The molecule has 0 saturated heterocycles. The van der Waals surface area contributed by atoms with Crippen molar-refractivity contribution in [2.45, 2.75) is 71.9 Å². The fraction of sp³-hybridized carbons (Fsp3) is 0.407. The molecule has 0 fully saturated rings. The quantitative estimate of drug-likeness (QED) is 0.271. The lowest BCUT2D eigenvalue weighted by atomic mass is 9.86. The second-order valence-corrected chi connectivity index (χ2v) is 8.76. The number of para-hydroxylation sites is 1. The maximum Gasteiger partial charge on any atom is 0.308 e. The zero-order valence-electron chi connectivity index (χ0n) is 22.0. The number of carbonyl (C=O) groups excluding carboxylic acids is 5. The molecule has 2 aromatic rings. The molecule has 0 bridgehead atoms. The number of rotatable bonds is 8. The average Bonchev–Trinajstić information content (AvgIpc) is 2.81. The number of hydrogen-bond acceptors (Lipinski definition) is 12. The van der Waals surface area contributed by atoms with Crippen LogP contribution in [0.5, 0.6) is 5.75 Å². The first-order valence-corrected chi connectivity index (χ1v) is 12.0. The van der Waals surface area contributed by atoms with Crippen LogP contribution in [0.2, 0.25) is 0 Å². The summed E-state index contributed by atoms with van der Waals surface area (Å²) in [4.78, 5) is 72.7. The number of fused-ring (bicyclic) bond motifs is 1. The fourth-order valence-corrected chi connectivity index (χ4v) is 4.31. The third-order valence-electron chi connectivity index (χ3n) is 5.58. The van der Waals surface area contributed by atoms with Crippen LogP contribution in [-0.4, -0.2) is 42.1 Å². The normalized spacial score (nSPS) is 19.7. The summed E-state index contributed by atoms with van der Waals surface area (Å²) in [6.07, 6.45) is -5.60.